The number of nitrogens with zero attached hydrogens (tertiary/aromatic N) is 4. The van der Waals surface area contributed by atoms with E-state index in [-0.39, 0.29) is 17.3 Å². The van der Waals surface area contributed by atoms with Crippen LogP contribution in [0.15, 0.2) is 30.5 Å². The SMILES string of the molecule is CC(C)Cn1nc(Nc2ncc(C(F)(F)F)c(NC3(C)CC3)n2)c2ccccc21. The Labute approximate surface area is 166 Å². The van der Waals surface area contributed by atoms with Crippen molar-refractivity contribution in [2.75, 3.05) is 10.6 Å². The van der Waals surface area contributed by atoms with Gasteiger partial charge in [0, 0.05) is 23.7 Å². The van der Waals surface area contributed by atoms with E-state index in [1.54, 1.807) is 0 Å². The van der Waals surface area contributed by atoms with E-state index in [4.69, 9.17) is 0 Å². The second-order valence-electron chi connectivity index (χ2n) is 8.21. The highest BCUT2D eigenvalue weighted by Crippen LogP contribution is 2.41. The predicted octanol–water partition coefficient (Wildman–Crippen LogP) is 5.21. The molecule has 2 N–H and O–H groups in total. The smallest absolute Gasteiger partial charge is 0.364 e. The minimum Gasteiger partial charge on any atom is -0.364 e. The molecule has 0 saturated heterocycles. The van der Waals surface area contributed by atoms with Crippen molar-refractivity contribution in [1.82, 2.24) is 19.7 Å². The third-order valence-corrected chi connectivity index (χ3v) is 4.94. The van der Waals surface area contributed by atoms with Gasteiger partial charge in [-0.15, -0.1) is 0 Å². The molecule has 1 fully saturated rings. The monoisotopic (exact) mass is 404 g/mol. The first-order valence-electron chi connectivity index (χ1n) is 9.60. The molecule has 0 aliphatic heterocycles. The number of hydrogen-bond donors (Lipinski definition) is 2. The fourth-order valence-electron chi connectivity index (χ4n) is 3.15. The summed E-state index contributed by atoms with van der Waals surface area (Å²) in [5.74, 6) is 0.777. The van der Waals surface area contributed by atoms with Crippen molar-refractivity contribution in [3.05, 3.63) is 36.0 Å². The van der Waals surface area contributed by atoms with Gasteiger partial charge in [0.15, 0.2) is 5.82 Å². The van der Waals surface area contributed by atoms with Crippen LogP contribution in [-0.2, 0) is 12.7 Å². The first kappa shape index (κ1) is 19.5. The van der Waals surface area contributed by atoms with E-state index in [0.717, 1.165) is 36.5 Å². The molecule has 1 aliphatic rings. The van der Waals surface area contributed by atoms with E-state index in [0.29, 0.717) is 11.7 Å². The van der Waals surface area contributed by atoms with E-state index in [2.05, 4.69) is 39.5 Å². The molecule has 1 saturated carbocycles. The number of rotatable bonds is 6. The minimum atomic E-state index is -4.53. The van der Waals surface area contributed by atoms with Gasteiger partial charge < -0.3 is 10.6 Å². The van der Waals surface area contributed by atoms with Crippen molar-refractivity contribution in [3.63, 3.8) is 0 Å². The van der Waals surface area contributed by atoms with Crippen molar-refractivity contribution >= 4 is 28.5 Å². The summed E-state index contributed by atoms with van der Waals surface area (Å²) in [6, 6.07) is 7.70. The number of nitrogens with one attached hydrogen (secondary N) is 2. The summed E-state index contributed by atoms with van der Waals surface area (Å²) in [5, 5.41) is 11.4. The van der Waals surface area contributed by atoms with Crippen LogP contribution in [-0.4, -0.2) is 25.3 Å². The van der Waals surface area contributed by atoms with E-state index in [1.165, 1.54) is 0 Å². The van der Waals surface area contributed by atoms with Gasteiger partial charge in [0.2, 0.25) is 5.95 Å². The molecule has 1 aliphatic carbocycles. The normalized spacial score (nSPS) is 15.7. The van der Waals surface area contributed by atoms with Crippen molar-refractivity contribution in [2.45, 2.75) is 51.9 Å². The number of para-hydroxylation sites is 1. The number of anilines is 3. The molecule has 6 nitrogen and oxygen atoms in total. The lowest BCUT2D eigenvalue weighted by atomic mass is 10.2. The Morgan fingerprint density at radius 3 is 2.55 bits per heavy atom. The second kappa shape index (κ2) is 6.89. The van der Waals surface area contributed by atoms with E-state index >= 15 is 0 Å². The number of fused-ring (bicyclic) bond motifs is 1. The Morgan fingerprint density at radius 1 is 1.17 bits per heavy atom. The summed E-state index contributed by atoms with van der Waals surface area (Å²) in [6.07, 6.45) is -2.10. The molecule has 1 aromatic carbocycles. The van der Waals surface area contributed by atoms with Gasteiger partial charge in [-0.1, -0.05) is 26.0 Å². The predicted molar refractivity (Wildman–Crippen MR) is 106 cm³/mol. The summed E-state index contributed by atoms with van der Waals surface area (Å²) in [6.45, 7) is 6.79. The molecule has 154 valence electrons. The highest BCUT2D eigenvalue weighted by atomic mass is 19.4. The zero-order valence-corrected chi connectivity index (χ0v) is 16.5. The number of benzene rings is 1. The number of halogens is 3. The largest absolute Gasteiger partial charge is 0.421 e. The lowest BCUT2D eigenvalue weighted by Gasteiger charge is -2.18. The number of hydrogen-bond acceptors (Lipinski definition) is 5. The minimum absolute atomic E-state index is 0.0738. The van der Waals surface area contributed by atoms with Crippen LogP contribution in [0.3, 0.4) is 0 Å². The second-order valence-corrected chi connectivity index (χ2v) is 8.21. The quantitative estimate of drug-likeness (QED) is 0.590. The molecule has 2 heterocycles. The van der Waals surface area contributed by atoms with Gasteiger partial charge >= 0.3 is 6.18 Å². The molecule has 4 rings (SSSR count). The lowest BCUT2D eigenvalue weighted by molar-refractivity contribution is -0.137. The van der Waals surface area contributed by atoms with E-state index in [1.807, 2.05) is 35.9 Å². The molecule has 0 bridgehead atoms. The Balaban J connectivity index is 1.70. The third kappa shape index (κ3) is 4.13. The van der Waals surface area contributed by atoms with Gasteiger partial charge in [0.1, 0.15) is 11.4 Å². The molecule has 0 radical (unpaired) electrons. The van der Waals surface area contributed by atoms with Crippen LogP contribution in [0.25, 0.3) is 10.9 Å². The summed E-state index contributed by atoms with van der Waals surface area (Å²) in [7, 11) is 0. The first-order valence-corrected chi connectivity index (χ1v) is 9.60. The molecule has 0 spiro atoms. The van der Waals surface area contributed by atoms with E-state index in [9.17, 15) is 13.2 Å². The molecule has 3 aromatic rings. The summed E-state index contributed by atoms with van der Waals surface area (Å²) in [4.78, 5) is 8.03. The third-order valence-electron chi connectivity index (χ3n) is 4.94. The molecule has 0 atom stereocenters. The zero-order valence-electron chi connectivity index (χ0n) is 16.5. The molecule has 9 heteroatoms. The maximum Gasteiger partial charge on any atom is 0.421 e. The van der Waals surface area contributed by atoms with Gasteiger partial charge in [0.25, 0.3) is 0 Å². The zero-order chi connectivity index (χ0) is 20.8. The average molecular weight is 404 g/mol. The van der Waals surface area contributed by atoms with Gasteiger partial charge in [-0.05, 0) is 37.8 Å². The number of alkyl halides is 3. The summed E-state index contributed by atoms with van der Waals surface area (Å²) in [5.41, 5.74) is -0.275. The maximum absolute atomic E-state index is 13.4. The Bertz CT molecular complexity index is 1040. The van der Waals surface area contributed by atoms with Crippen LogP contribution < -0.4 is 10.6 Å². The summed E-state index contributed by atoms with van der Waals surface area (Å²) < 4.78 is 42.0. The van der Waals surface area contributed by atoms with Crippen LogP contribution >= 0.6 is 0 Å². The highest BCUT2D eigenvalue weighted by molar-refractivity contribution is 5.91. The van der Waals surface area contributed by atoms with Crippen molar-refractivity contribution in [2.24, 2.45) is 5.92 Å². The average Bonchev–Trinajstić information content (AvgIpc) is 3.26. The van der Waals surface area contributed by atoms with Crippen molar-refractivity contribution < 1.29 is 13.2 Å². The molecule has 29 heavy (non-hydrogen) atoms. The standard InChI is InChI=1S/C20H23F3N6/c1-12(2)11-29-15-7-5-4-6-13(15)16(28-29)25-18-24-10-14(20(21,22)23)17(26-18)27-19(3)8-9-19/h4-7,10,12H,8-9,11H2,1-3H3,(H2,24,25,26,27,28). The van der Waals surface area contributed by atoms with Gasteiger partial charge in [-0.2, -0.15) is 23.3 Å². The summed E-state index contributed by atoms with van der Waals surface area (Å²) >= 11 is 0. The Hall–Kier alpha value is -2.84. The topological polar surface area (TPSA) is 67.7 Å². The Morgan fingerprint density at radius 2 is 1.90 bits per heavy atom. The first-order chi connectivity index (χ1) is 13.6. The van der Waals surface area contributed by atoms with Crippen molar-refractivity contribution in [1.29, 1.82) is 0 Å². The fourth-order valence-corrected chi connectivity index (χ4v) is 3.15. The molecule has 2 aromatic heterocycles. The molecular weight excluding hydrogens is 381 g/mol. The molecule has 0 amide bonds. The maximum atomic E-state index is 13.4. The van der Waals surface area contributed by atoms with E-state index < -0.39 is 11.7 Å². The molecular formula is C20H23F3N6. The van der Waals surface area contributed by atoms with Gasteiger partial charge in [-0.25, -0.2) is 4.98 Å². The van der Waals surface area contributed by atoms with Crippen molar-refractivity contribution in [3.8, 4) is 0 Å². The highest BCUT2D eigenvalue weighted by Gasteiger charge is 2.42. The lowest BCUT2D eigenvalue weighted by Crippen LogP contribution is -2.21. The number of aromatic nitrogens is 4. The Kier molecular flexibility index (Phi) is 4.63. The van der Waals surface area contributed by atoms with Crippen LogP contribution in [0.1, 0.15) is 39.2 Å². The van der Waals surface area contributed by atoms with Crippen LogP contribution in [0, 0.1) is 5.92 Å². The van der Waals surface area contributed by atoms with Gasteiger partial charge in [-0.3, -0.25) is 4.68 Å². The molecule has 0 unspecified atom stereocenters. The van der Waals surface area contributed by atoms with Crippen LogP contribution in [0.5, 0.6) is 0 Å². The van der Waals surface area contributed by atoms with Crippen LogP contribution in [0.2, 0.25) is 0 Å². The van der Waals surface area contributed by atoms with Gasteiger partial charge in [0.05, 0.1) is 5.52 Å². The van der Waals surface area contributed by atoms with Crippen LogP contribution in [0.4, 0.5) is 30.8 Å². The fraction of sp³-hybridized carbons (Fsp3) is 0.450.